The standard InChI is InChI=1S/C15H13N5O/c16-15(21)9-1-4-14-13(5-9)19-8-20(14)10-2-3-11-12(6-10)18-7-17-11/h1-7,19H,8H2,(H2,16,21)(H,17,18). The van der Waals surface area contributed by atoms with Crippen molar-refractivity contribution in [2.45, 2.75) is 0 Å². The fourth-order valence-electron chi connectivity index (χ4n) is 2.63. The quantitative estimate of drug-likeness (QED) is 0.671. The first-order valence-electron chi connectivity index (χ1n) is 6.61. The first-order valence-corrected chi connectivity index (χ1v) is 6.61. The minimum atomic E-state index is -0.420. The average molecular weight is 279 g/mol. The highest BCUT2D eigenvalue weighted by atomic mass is 16.1. The van der Waals surface area contributed by atoms with Gasteiger partial charge >= 0.3 is 0 Å². The van der Waals surface area contributed by atoms with Gasteiger partial charge in [-0.15, -0.1) is 0 Å². The molecule has 2 aromatic carbocycles. The normalized spacial score (nSPS) is 13.2. The van der Waals surface area contributed by atoms with Gasteiger partial charge in [-0.2, -0.15) is 0 Å². The monoisotopic (exact) mass is 279 g/mol. The Balaban J connectivity index is 1.77. The van der Waals surface area contributed by atoms with Crippen LogP contribution in [0.3, 0.4) is 0 Å². The number of imidazole rings is 1. The van der Waals surface area contributed by atoms with Gasteiger partial charge in [0, 0.05) is 11.3 Å². The number of benzene rings is 2. The molecule has 0 aliphatic carbocycles. The SMILES string of the molecule is NC(=O)c1ccc2c(c1)NCN2c1ccc2[nH]cnc2c1. The van der Waals surface area contributed by atoms with E-state index in [0.29, 0.717) is 12.2 Å². The Hall–Kier alpha value is -3.02. The van der Waals surface area contributed by atoms with Gasteiger partial charge in [0.1, 0.15) is 0 Å². The van der Waals surface area contributed by atoms with Crippen LogP contribution in [0.15, 0.2) is 42.7 Å². The molecule has 1 aliphatic heterocycles. The summed E-state index contributed by atoms with van der Waals surface area (Å²) in [5, 5.41) is 3.28. The van der Waals surface area contributed by atoms with Crippen LogP contribution in [-0.2, 0) is 0 Å². The summed E-state index contributed by atoms with van der Waals surface area (Å²) in [4.78, 5) is 20.7. The smallest absolute Gasteiger partial charge is 0.248 e. The largest absolute Gasteiger partial charge is 0.366 e. The number of rotatable bonds is 2. The van der Waals surface area contributed by atoms with Crippen molar-refractivity contribution in [2.24, 2.45) is 5.73 Å². The molecule has 0 atom stereocenters. The van der Waals surface area contributed by atoms with Crippen LogP contribution in [0.4, 0.5) is 17.1 Å². The van der Waals surface area contributed by atoms with Gasteiger partial charge in [-0.1, -0.05) is 0 Å². The Morgan fingerprint density at radius 2 is 2.14 bits per heavy atom. The molecule has 1 amide bonds. The molecule has 0 saturated heterocycles. The number of nitrogens with two attached hydrogens (primary N) is 1. The second kappa shape index (κ2) is 4.24. The van der Waals surface area contributed by atoms with E-state index in [1.165, 1.54) is 0 Å². The lowest BCUT2D eigenvalue weighted by Crippen LogP contribution is -2.16. The van der Waals surface area contributed by atoms with Crippen LogP contribution in [0, 0.1) is 0 Å². The molecule has 0 spiro atoms. The maximum Gasteiger partial charge on any atom is 0.248 e. The molecule has 6 heteroatoms. The fraction of sp³-hybridized carbons (Fsp3) is 0.0667. The van der Waals surface area contributed by atoms with Gasteiger partial charge in [0.25, 0.3) is 0 Å². The summed E-state index contributed by atoms with van der Waals surface area (Å²) >= 11 is 0. The van der Waals surface area contributed by atoms with Crippen molar-refractivity contribution in [2.75, 3.05) is 16.9 Å². The lowest BCUT2D eigenvalue weighted by Gasteiger charge is -2.18. The van der Waals surface area contributed by atoms with Gasteiger partial charge in [0.15, 0.2) is 0 Å². The summed E-state index contributed by atoms with van der Waals surface area (Å²) in [5.41, 5.74) is 10.7. The maximum absolute atomic E-state index is 11.2. The molecule has 1 aromatic heterocycles. The van der Waals surface area contributed by atoms with Crippen LogP contribution >= 0.6 is 0 Å². The average Bonchev–Trinajstić information content (AvgIpc) is 3.12. The number of aromatic nitrogens is 2. The number of H-pyrrole nitrogens is 1. The van der Waals surface area contributed by atoms with E-state index in [0.717, 1.165) is 28.1 Å². The molecule has 6 nitrogen and oxygen atoms in total. The first kappa shape index (κ1) is 11.8. The number of anilines is 3. The summed E-state index contributed by atoms with van der Waals surface area (Å²) in [6.07, 6.45) is 1.68. The van der Waals surface area contributed by atoms with E-state index in [9.17, 15) is 4.79 Å². The molecular formula is C15H13N5O. The Morgan fingerprint density at radius 1 is 1.24 bits per heavy atom. The molecule has 21 heavy (non-hydrogen) atoms. The predicted octanol–water partition coefficient (Wildman–Crippen LogP) is 2.18. The zero-order chi connectivity index (χ0) is 14.4. The van der Waals surface area contributed by atoms with Crippen LogP contribution in [-0.4, -0.2) is 22.5 Å². The van der Waals surface area contributed by atoms with E-state index in [1.807, 2.05) is 24.3 Å². The molecule has 4 N–H and O–H groups in total. The van der Waals surface area contributed by atoms with Crippen molar-refractivity contribution in [3.8, 4) is 0 Å². The Bertz CT molecular complexity index is 854. The first-order chi connectivity index (χ1) is 10.2. The Morgan fingerprint density at radius 3 is 3.00 bits per heavy atom. The Kier molecular flexibility index (Phi) is 2.38. The van der Waals surface area contributed by atoms with E-state index < -0.39 is 5.91 Å². The molecule has 104 valence electrons. The van der Waals surface area contributed by atoms with Crippen molar-refractivity contribution >= 4 is 34.0 Å². The van der Waals surface area contributed by atoms with Crippen molar-refractivity contribution in [3.63, 3.8) is 0 Å². The molecule has 0 unspecified atom stereocenters. The molecule has 0 fully saturated rings. The van der Waals surface area contributed by atoms with Crippen LogP contribution in [0.2, 0.25) is 0 Å². The van der Waals surface area contributed by atoms with Gasteiger partial charge in [-0.3, -0.25) is 4.79 Å². The Labute approximate surface area is 120 Å². The predicted molar refractivity (Wildman–Crippen MR) is 81.7 cm³/mol. The maximum atomic E-state index is 11.2. The minimum Gasteiger partial charge on any atom is -0.366 e. The molecule has 0 bridgehead atoms. The van der Waals surface area contributed by atoms with Gasteiger partial charge in [0.2, 0.25) is 5.91 Å². The van der Waals surface area contributed by atoms with E-state index in [-0.39, 0.29) is 0 Å². The number of amides is 1. The number of hydrogen-bond donors (Lipinski definition) is 3. The van der Waals surface area contributed by atoms with Gasteiger partial charge in [-0.05, 0) is 36.4 Å². The third-order valence-electron chi connectivity index (χ3n) is 3.72. The van der Waals surface area contributed by atoms with Crippen LogP contribution in [0.25, 0.3) is 11.0 Å². The number of aromatic amines is 1. The van der Waals surface area contributed by atoms with E-state index >= 15 is 0 Å². The number of hydrogen-bond acceptors (Lipinski definition) is 4. The number of nitrogens with one attached hydrogen (secondary N) is 2. The summed E-state index contributed by atoms with van der Waals surface area (Å²) < 4.78 is 0. The third kappa shape index (κ3) is 1.80. The van der Waals surface area contributed by atoms with Crippen molar-refractivity contribution in [3.05, 3.63) is 48.3 Å². The second-order valence-electron chi connectivity index (χ2n) is 4.96. The number of carbonyl (C=O) groups excluding carboxylic acids is 1. The van der Waals surface area contributed by atoms with Gasteiger partial charge in [-0.25, -0.2) is 4.98 Å². The zero-order valence-corrected chi connectivity index (χ0v) is 11.1. The lowest BCUT2D eigenvalue weighted by atomic mass is 10.1. The summed E-state index contributed by atoms with van der Waals surface area (Å²) in [5.74, 6) is -0.420. The van der Waals surface area contributed by atoms with E-state index in [2.05, 4.69) is 20.2 Å². The minimum absolute atomic E-state index is 0.420. The number of carbonyl (C=O) groups is 1. The summed E-state index contributed by atoms with van der Waals surface area (Å²) in [6, 6.07) is 11.5. The molecule has 0 saturated carbocycles. The molecule has 3 aromatic rings. The summed E-state index contributed by atoms with van der Waals surface area (Å²) in [6.45, 7) is 0.646. The van der Waals surface area contributed by atoms with Crippen LogP contribution < -0.4 is 16.0 Å². The molecule has 2 heterocycles. The highest BCUT2D eigenvalue weighted by Crippen LogP contribution is 2.37. The lowest BCUT2D eigenvalue weighted by molar-refractivity contribution is 0.100. The molecule has 1 aliphatic rings. The molecule has 4 rings (SSSR count). The number of primary amides is 1. The zero-order valence-electron chi connectivity index (χ0n) is 11.1. The third-order valence-corrected chi connectivity index (χ3v) is 3.72. The highest BCUT2D eigenvalue weighted by Gasteiger charge is 2.21. The van der Waals surface area contributed by atoms with Gasteiger partial charge < -0.3 is 20.9 Å². The van der Waals surface area contributed by atoms with Gasteiger partial charge in [0.05, 0.1) is 35.4 Å². The van der Waals surface area contributed by atoms with Crippen LogP contribution in [0.5, 0.6) is 0 Å². The highest BCUT2D eigenvalue weighted by molar-refractivity contribution is 5.96. The molecular weight excluding hydrogens is 266 g/mol. The summed E-state index contributed by atoms with van der Waals surface area (Å²) in [7, 11) is 0. The van der Waals surface area contributed by atoms with Crippen molar-refractivity contribution in [1.29, 1.82) is 0 Å². The second-order valence-corrected chi connectivity index (χ2v) is 4.96. The van der Waals surface area contributed by atoms with E-state index in [4.69, 9.17) is 5.73 Å². The fourth-order valence-corrected chi connectivity index (χ4v) is 2.63. The van der Waals surface area contributed by atoms with E-state index in [1.54, 1.807) is 18.5 Å². The van der Waals surface area contributed by atoms with Crippen molar-refractivity contribution < 1.29 is 4.79 Å². The number of fused-ring (bicyclic) bond motifs is 2. The number of nitrogens with zero attached hydrogens (tertiary/aromatic N) is 2. The topological polar surface area (TPSA) is 87.0 Å². The molecule has 0 radical (unpaired) electrons. The van der Waals surface area contributed by atoms with Crippen molar-refractivity contribution in [1.82, 2.24) is 9.97 Å². The van der Waals surface area contributed by atoms with Crippen LogP contribution in [0.1, 0.15) is 10.4 Å².